The first-order valence-corrected chi connectivity index (χ1v) is 8.19. The van der Waals surface area contributed by atoms with Crippen molar-refractivity contribution in [2.45, 2.75) is 18.9 Å². The summed E-state index contributed by atoms with van der Waals surface area (Å²) >= 11 is 0. The molecule has 3 aromatic rings. The lowest BCUT2D eigenvalue weighted by atomic mass is 10.1. The summed E-state index contributed by atoms with van der Waals surface area (Å²) in [5.74, 6) is 1.06. The van der Waals surface area contributed by atoms with E-state index < -0.39 is 0 Å². The van der Waals surface area contributed by atoms with Crippen molar-refractivity contribution in [1.29, 1.82) is 0 Å². The summed E-state index contributed by atoms with van der Waals surface area (Å²) in [5.41, 5.74) is 1.76. The van der Waals surface area contributed by atoms with Crippen LogP contribution in [0, 0.1) is 0 Å². The van der Waals surface area contributed by atoms with Gasteiger partial charge in [0.15, 0.2) is 5.65 Å². The molecule has 3 aromatic heterocycles. The lowest BCUT2D eigenvalue weighted by Gasteiger charge is -2.39. The molecule has 0 saturated carbocycles. The number of aromatic nitrogens is 5. The van der Waals surface area contributed by atoms with Crippen LogP contribution in [0.15, 0.2) is 36.8 Å². The minimum Gasteiger partial charge on any atom is -0.336 e. The molecule has 0 aliphatic carbocycles. The topological polar surface area (TPSA) is 71.6 Å². The molecular formula is C16H17N7O. The maximum Gasteiger partial charge on any atom is 0.231 e. The Balaban J connectivity index is 1.31. The fourth-order valence-corrected chi connectivity index (χ4v) is 3.42. The molecule has 0 N–H and O–H groups in total. The Bertz CT molecular complexity index is 908. The maximum atomic E-state index is 11.8. The number of anilines is 2. The first-order chi connectivity index (χ1) is 11.8. The highest BCUT2D eigenvalue weighted by molar-refractivity contribution is 5.95. The van der Waals surface area contributed by atoms with Gasteiger partial charge in [-0.1, -0.05) is 6.07 Å². The minimum absolute atomic E-state index is 0.194. The van der Waals surface area contributed by atoms with Crippen LogP contribution in [0.3, 0.4) is 0 Å². The van der Waals surface area contributed by atoms with Crippen molar-refractivity contribution >= 4 is 23.2 Å². The second-order valence-electron chi connectivity index (χ2n) is 6.32. The number of fused-ring (bicyclic) bond motifs is 1. The molecule has 8 heteroatoms. The van der Waals surface area contributed by atoms with Gasteiger partial charge >= 0.3 is 0 Å². The van der Waals surface area contributed by atoms with Crippen LogP contribution < -0.4 is 9.80 Å². The largest absolute Gasteiger partial charge is 0.336 e. The molecule has 0 spiro atoms. The number of nitrogens with zero attached hydrogens (tertiary/aromatic N) is 7. The molecule has 122 valence electrons. The van der Waals surface area contributed by atoms with E-state index in [2.05, 4.69) is 20.2 Å². The molecule has 1 amide bonds. The Morgan fingerprint density at radius 2 is 2.08 bits per heavy atom. The van der Waals surface area contributed by atoms with E-state index in [1.54, 1.807) is 6.20 Å². The monoisotopic (exact) mass is 323 g/mol. The fourth-order valence-electron chi connectivity index (χ4n) is 3.42. The van der Waals surface area contributed by atoms with Crippen molar-refractivity contribution in [3.8, 4) is 0 Å². The molecule has 0 atom stereocenters. The van der Waals surface area contributed by atoms with Gasteiger partial charge in [-0.25, -0.2) is 0 Å². The first-order valence-electron chi connectivity index (χ1n) is 8.19. The Kier molecular flexibility index (Phi) is 2.85. The summed E-state index contributed by atoms with van der Waals surface area (Å²) in [6.45, 7) is 2.47. The number of rotatable bonds is 3. The van der Waals surface area contributed by atoms with Gasteiger partial charge in [0.2, 0.25) is 11.9 Å². The normalized spacial score (nSPS) is 18.6. The summed E-state index contributed by atoms with van der Waals surface area (Å²) in [6, 6.07) is 6.18. The summed E-state index contributed by atoms with van der Waals surface area (Å²) in [7, 11) is 0. The lowest BCUT2D eigenvalue weighted by molar-refractivity contribution is -0.117. The summed E-state index contributed by atoms with van der Waals surface area (Å²) in [5, 5.41) is 12.9. The number of pyridine rings is 1. The van der Waals surface area contributed by atoms with Crippen LogP contribution in [0.1, 0.15) is 18.9 Å². The molecule has 5 rings (SSSR count). The Hall–Kier alpha value is -2.90. The molecule has 5 heterocycles. The zero-order valence-corrected chi connectivity index (χ0v) is 13.1. The molecule has 2 fully saturated rings. The molecule has 8 nitrogen and oxygen atoms in total. The summed E-state index contributed by atoms with van der Waals surface area (Å²) < 4.78 is 3.95. The predicted molar refractivity (Wildman–Crippen MR) is 88.1 cm³/mol. The van der Waals surface area contributed by atoms with E-state index in [0.29, 0.717) is 12.5 Å². The molecule has 0 aromatic carbocycles. The Morgan fingerprint density at radius 3 is 2.92 bits per heavy atom. The van der Waals surface area contributed by atoms with Crippen LogP contribution >= 0.6 is 0 Å². The highest BCUT2D eigenvalue weighted by atomic mass is 16.2. The number of hydrogen-bond donors (Lipinski definition) is 0. The third-order valence-electron chi connectivity index (χ3n) is 4.79. The van der Waals surface area contributed by atoms with Gasteiger partial charge < -0.3 is 9.80 Å². The summed E-state index contributed by atoms with van der Waals surface area (Å²) in [4.78, 5) is 15.8. The molecule has 0 bridgehead atoms. The Morgan fingerprint density at radius 1 is 1.17 bits per heavy atom. The van der Waals surface area contributed by atoms with Crippen molar-refractivity contribution in [3.05, 3.63) is 36.8 Å². The molecular weight excluding hydrogens is 306 g/mol. The number of hydrogen-bond acceptors (Lipinski definition) is 5. The van der Waals surface area contributed by atoms with Gasteiger partial charge in [0.1, 0.15) is 0 Å². The smallest absolute Gasteiger partial charge is 0.231 e. The molecule has 2 aliphatic rings. The number of amides is 1. The van der Waals surface area contributed by atoms with Crippen LogP contribution in [0.2, 0.25) is 0 Å². The SMILES string of the molecule is O=C1CCCN1c1cnn(C2CN(c3nnc4ccccn34)C2)c1. The standard InChI is InChI=1S/C16H17N7O/c24-15-5-3-7-21(15)12-8-17-23(11-12)13-9-20(10-13)16-19-18-14-4-1-2-6-22(14)16/h1-2,4,6,8,11,13H,3,5,7,9-10H2. The molecule has 2 aliphatic heterocycles. The highest BCUT2D eigenvalue weighted by Crippen LogP contribution is 2.28. The zero-order chi connectivity index (χ0) is 16.1. The Labute approximate surface area is 138 Å². The first kappa shape index (κ1) is 13.5. The van der Waals surface area contributed by atoms with E-state index in [1.807, 2.05) is 44.6 Å². The van der Waals surface area contributed by atoms with Crippen LogP contribution in [0.5, 0.6) is 0 Å². The van der Waals surface area contributed by atoms with E-state index in [9.17, 15) is 4.79 Å². The van der Waals surface area contributed by atoms with E-state index in [-0.39, 0.29) is 5.91 Å². The van der Waals surface area contributed by atoms with Crippen molar-refractivity contribution < 1.29 is 4.79 Å². The van der Waals surface area contributed by atoms with Crippen LogP contribution in [-0.4, -0.2) is 49.9 Å². The zero-order valence-electron chi connectivity index (χ0n) is 13.1. The third kappa shape index (κ3) is 1.99. The van der Waals surface area contributed by atoms with Crippen molar-refractivity contribution in [2.75, 3.05) is 29.4 Å². The minimum atomic E-state index is 0.194. The molecule has 24 heavy (non-hydrogen) atoms. The lowest BCUT2D eigenvalue weighted by Crippen LogP contribution is -2.48. The van der Waals surface area contributed by atoms with Crippen LogP contribution in [0.4, 0.5) is 11.6 Å². The van der Waals surface area contributed by atoms with Gasteiger partial charge in [-0.05, 0) is 18.6 Å². The molecule has 0 unspecified atom stereocenters. The average Bonchev–Trinajstić information content (AvgIpc) is 3.26. The average molecular weight is 323 g/mol. The second kappa shape index (κ2) is 5.05. The van der Waals surface area contributed by atoms with Gasteiger partial charge in [-0.2, -0.15) is 5.10 Å². The molecule has 2 saturated heterocycles. The highest BCUT2D eigenvalue weighted by Gasteiger charge is 2.32. The van der Waals surface area contributed by atoms with E-state index >= 15 is 0 Å². The van der Waals surface area contributed by atoms with Crippen molar-refractivity contribution in [2.24, 2.45) is 0 Å². The summed E-state index contributed by atoms with van der Waals surface area (Å²) in [6.07, 6.45) is 7.32. The number of carbonyl (C=O) groups excluding carboxylic acids is 1. The van der Waals surface area contributed by atoms with Gasteiger partial charge in [0, 0.05) is 38.4 Å². The second-order valence-corrected chi connectivity index (χ2v) is 6.32. The maximum absolute atomic E-state index is 11.8. The van der Waals surface area contributed by atoms with Gasteiger partial charge in [-0.3, -0.25) is 13.9 Å². The third-order valence-corrected chi connectivity index (χ3v) is 4.79. The fraction of sp³-hybridized carbons (Fsp3) is 0.375. The van der Waals surface area contributed by atoms with E-state index in [1.165, 1.54) is 0 Å². The van der Waals surface area contributed by atoms with Crippen LogP contribution in [0.25, 0.3) is 5.65 Å². The van der Waals surface area contributed by atoms with Crippen molar-refractivity contribution in [3.63, 3.8) is 0 Å². The molecule has 0 radical (unpaired) electrons. The predicted octanol–water partition coefficient (Wildman–Crippen LogP) is 1.11. The van der Waals surface area contributed by atoms with Gasteiger partial charge in [-0.15, -0.1) is 10.2 Å². The quantitative estimate of drug-likeness (QED) is 0.722. The van der Waals surface area contributed by atoms with Gasteiger partial charge in [0.25, 0.3) is 0 Å². The van der Waals surface area contributed by atoms with E-state index in [0.717, 1.165) is 43.3 Å². The van der Waals surface area contributed by atoms with Gasteiger partial charge in [0.05, 0.1) is 17.9 Å². The number of carbonyl (C=O) groups is 1. The van der Waals surface area contributed by atoms with Crippen LogP contribution in [-0.2, 0) is 4.79 Å². The van der Waals surface area contributed by atoms with E-state index in [4.69, 9.17) is 0 Å². The van der Waals surface area contributed by atoms with Crippen molar-refractivity contribution in [1.82, 2.24) is 24.4 Å².